The molecule has 16 heavy (non-hydrogen) atoms. The molecule has 1 aromatic carbocycles. The first-order valence-corrected chi connectivity index (χ1v) is 5.68. The summed E-state index contributed by atoms with van der Waals surface area (Å²) in [4.78, 5) is 0. The predicted octanol–water partition coefficient (Wildman–Crippen LogP) is 2.06. The van der Waals surface area contributed by atoms with Crippen LogP contribution in [0.1, 0.15) is 37.0 Å². The minimum atomic E-state index is -0.497. The Balaban J connectivity index is 2.81. The van der Waals surface area contributed by atoms with Gasteiger partial charge in [-0.2, -0.15) is 0 Å². The Morgan fingerprint density at radius 1 is 1.38 bits per heavy atom. The van der Waals surface area contributed by atoms with E-state index >= 15 is 0 Å². The van der Waals surface area contributed by atoms with E-state index in [-0.39, 0.29) is 6.61 Å². The molecule has 90 valence electrons. The fraction of sp³-hybridized carbons (Fsp3) is 0.538. The molecule has 0 amide bonds. The van der Waals surface area contributed by atoms with Crippen molar-refractivity contribution >= 4 is 0 Å². The second kappa shape index (κ2) is 6.51. The van der Waals surface area contributed by atoms with E-state index in [1.807, 2.05) is 18.2 Å². The number of hydrogen-bond donors (Lipinski definition) is 2. The van der Waals surface area contributed by atoms with E-state index < -0.39 is 6.10 Å². The second-order valence-electron chi connectivity index (χ2n) is 3.81. The molecule has 0 radical (unpaired) electrons. The third-order valence-corrected chi connectivity index (χ3v) is 2.71. The maximum Gasteiger partial charge on any atom is 0.122 e. The molecule has 0 aromatic heterocycles. The first-order valence-electron chi connectivity index (χ1n) is 5.68. The highest BCUT2D eigenvalue weighted by molar-refractivity contribution is 5.38. The van der Waals surface area contributed by atoms with E-state index in [9.17, 15) is 5.11 Å². The van der Waals surface area contributed by atoms with Gasteiger partial charge in [0.2, 0.25) is 0 Å². The summed E-state index contributed by atoms with van der Waals surface area (Å²) in [5, 5.41) is 18.6. The van der Waals surface area contributed by atoms with E-state index in [0.29, 0.717) is 12.8 Å². The molecule has 0 aliphatic carbocycles. The largest absolute Gasteiger partial charge is 0.496 e. The summed E-state index contributed by atoms with van der Waals surface area (Å²) in [6.45, 7) is 2.18. The molecule has 0 aliphatic rings. The molecule has 3 nitrogen and oxygen atoms in total. The number of rotatable bonds is 6. The number of hydrogen-bond acceptors (Lipinski definition) is 3. The van der Waals surface area contributed by atoms with Gasteiger partial charge in [0.15, 0.2) is 0 Å². The molecule has 1 rings (SSSR count). The van der Waals surface area contributed by atoms with Gasteiger partial charge >= 0.3 is 0 Å². The first kappa shape index (κ1) is 13.0. The quantitative estimate of drug-likeness (QED) is 0.777. The lowest BCUT2D eigenvalue weighted by atomic mass is 10.0. The Bertz CT molecular complexity index is 323. The van der Waals surface area contributed by atoms with Gasteiger partial charge in [0.1, 0.15) is 5.75 Å². The van der Waals surface area contributed by atoms with Gasteiger partial charge in [0, 0.05) is 6.61 Å². The second-order valence-corrected chi connectivity index (χ2v) is 3.81. The van der Waals surface area contributed by atoms with Gasteiger partial charge in [0.25, 0.3) is 0 Å². The highest BCUT2D eigenvalue weighted by Crippen LogP contribution is 2.25. The van der Waals surface area contributed by atoms with E-state index in [1.54, 1.807) is 7.11 Å². The number of aliphatic hydroxyl groups excluding tert-OH is 2. The van der Waals surface area contributed by atoms with Crippen LogP contribution in [0.15, 0.2) is 18.2 Å². The molecule has 0 saturated heterocycles. The van der Waals surface area contributed by atoms with Crippen molar-refractivity contribution in [3.05, 3.63) is 29.3 Å². The molecule has 0 fully saturated rings. The van der Waals surface area contributed by atoms with Crippen LogP contribution in [0.25, 0.3) is 0 Å². The Morgan fingerprint density at radius 3 is 2.69 bits per heavy atom. The summed E-state index contributed by atoms with van der Waals surface area (Å²) in [5.74, 6) is 0.862. The number of benzene rings is 1. The zero-order valence-electron chi connectivity index (χ0n) is 9.94. The molecule has 0 spiro atoms. The fourth-order valence-corrected chi connectivity index (χ4v) is 1.73. The van der Waals surface area contributed by atoms with Crippen LogP contribution in [0.3, 0.4) is 0 Å². The molecule has 1 aromatic rings. The predicted molar refractivity (Wildman–Crippen MR) is 63.7 cm³/mol. The minimum absolute atomic E-state index is 0.119. The lowest BCUT2D eigenvalue weighted by molar-refractivity contribution is 0.151. The number of ether oxygens (including phenoxy) is 1. The zero-order chi connectivity index (χ0) is 12.0. The van der Waals surface area contributed by atoms with E-state index in [0.717, 1.165) is 23.3 Å². The van der Waals surface area contributed by atoms with Crippen molar-refractivity contribution in [1.82, 2.24) is 0 Å². The van der Waals surface area contributed by atoms with Crippen molar-refractivity contribution in [2.75, 3.05) is 13.7 Å². The topological polar surface area (TPSA) is 49.7 Å². The van der Waals surface area contributed by atoms with Crippen molar-refractivity contribution in [3.63, 3.8) is 0 Å². The summed E-state index contributed by atoms with van der Waals surface area (Å²) in [7, 11) is 1.65. The highest BCUT2D eigenvalue weighted by Gasteiger charge is 2.09. The van der Waals surface area contributed by atoms with Crippen LogP contribution in [0.5, 0.6) is 5.75 Å². The van der Waals surface area contributed by atoms with Crippen LogP contribution in [-0.4, -0.2) is 23.9 Å². The molecular formula is C13H20O3. The summed E-state index contributed by atoms with van der Waals surface area (Å²) in [6.07, 6.45) is 1.59. The SMILES string of the molecule is CCc1cc(C(O)CCCO)ccc1OC. The summed E-state index contributed by atoms with van der Waals surface area (Å²) < 4.78 is 5.23. The van der Waals surface area contributed by atoms with Crippen molar-refractivity contribution < 1.29 is 14.9 Å². The molecular weight excluding hydrogens is 204 g/mol. The number of aliphatic hydroxyl groups is 2. The first-order chi connectivity index (χ1) is 7.72. The number of aryl methyl sites for hydroxylation is 1. The van der Waals surface area contributed by atoms with Crippen LogP contribution in [0, 0.1) is 0 Å². The van der Waals surface area contributed by atoms with Crippen molar-refractivity contribution in [2.45, 2.75) is 32.3 Å². The van der Waals surface area contributed by atoms with Gasteiger partial charge < -0.3 is 14.9 Å². The van der Waals surface area contributed by atoms with Gasteiger partial charge in [-0.3, -0.25) is 0 Å². The van der Waals surface area contributed by atoms with Gasteiger partial charge in [-0.05, 0) is 42.5 Å². The van der Waals surface area contributed by atoms with Crippen molar-refractivity contribution in [3.8, 4) is 5.75 Å². The molecule has 3 heteroatoms. The van der Waals surface area contributed by atoms with E-state index in [2.05, 4.69) is 6.92 Å². The summed E-state index contributed by atoms with van der Waals surface area (Å²) >= 11 is 0. The monoisotopic (exact) mass is 224 g/mol. The van der Waals surface area contributed by atoms with Crippen LogP contribution in [-0.2, 0) is 6.42 Å². The number of methoxy groups -OCH3 is 1. The molecule has 0 aliphatic heterocycles. The van der Waals surface area contributed by atoms with Crippen LogP contribution < -0.4 is 4.74 Å². The normalized spacial score (nSPS) is 12.5. The van der Waals surface area contributed by atoms with Gasteiger partial charge in [-0.15, -0.1) is 0 Å². The summed E-state index contributed by atoms with van der Waals surface area (Å²) in [6, 6.07) is 5.73. The molecule has 1 atom stereocenters. The Hall–Kier alpha value is -1.06. The average Bonchev–Trinajstić information content (AvgIpc) is 2.34. The minimum Gasteiger partial charge on any atom is -0.496 e. The Labute approximate surface area is 96.7 Å². The fourth-order valence-electron chi connectivity index (χ4n) is 1.73. The zero-order valence-corrected chi connectivity index (χ0v) is 9.94. The third-order valence-electron chi connectivity index (χ3n) is 2.71. The Morgan fingerprint density at radius 2 is 2.12 bits per heavy atom. The highest BCUT2D eigenvalue weighted by atomic mass is 16.5. The molecule has 1 unspecified atom stereocenters. The Kier molecular flexibility index (Phi) is 5.29. The lowest BCUT2D eigenvalue weighted by Gasteiger charge is -2.13. The smallest absolute Gasteiger partial charge is 0.122 e. The molecule has 0 heterocycles. The summed E-state index contributed by atoms with van der Waals surface area (Å²) in [5.41, 5.74) is 1.99. The molecule has 0 bridgehead atoms. The van der Waals surface area contributed by atoms with E-state index in [1.165, 1.54) is 0 Å². The van der Waals surface area contributed by atoms with Crippen LogP contribution in [0.4, 0.5) is 0 Å². The van der Waals surface area contributed by atoms with Gasteiger partial charge in [0.05, 0.1) is 13.2 Å². The van der Waals surface area contributed by atoms with E-state index in [4.69, 9.17) is 9.84 Å². The van der Waals surface area contributed by atoms with Crippen molar-refractivity contribution in [2.24, 2.45) is 0 Å². The van der Waals surface area contributed by atoms with Gasteiger partial charge in [-0.1, -0.05) is 13.0 Å². The maximum absolute atomic E-state index is 9.88. The standard InChI is InChI=1S/C13H20O3/c1-3-10-9-11(6-7-13(10)16-2)12(15)5-4-8-14/h6-7,9,12,14-15H,3-5,8H2,1-2H3. The van der Waals surface area contributed by atoms with Gasteiger partial charge in [-0.25, -0.2) is 0 Å². The lowest BCUT2D eigenvalue weighted by Crippen LogP contribution is -2.01. The molecule has 2 N–H and O–H groups in total. The molecule has 0 saturated carbocycles. The third kappa shape index (κ3) is 3.22. The van der Waals surface area contributed by atoms with Crippen LogP contribution in [0.2, 0.25) is 0 Å². The van der Waals surface area contributed by atoms with Crippen LogP contribution >= 0.6 is 0 Å². The average molecular weight is 224 g/mol. The maximum atomic E-state index is 9.88. The van der Waals surface area contributed by atoms with Crippen molar-refractivity contribution in [1.29, 1.82) is 0 Å².